The molecule has 11 N–H and O–H groups in total. The number of phosphoric acid groups is 2. The molecule has 3 aromatic rings. The Morgan fingerprint density at radius 1 is 0.911 bits per heavy atom. The first-order valence-electron chi connectivity index (χ1n) is 13.0. The molecule has 0 saturated carbocycles. The second kappa shape index (κ2) is 12.0. The number of hydrogen-bond donors (Lipinski definition) is 9. The Morgan fingerprint density at radius 3 is 2.20 bits per heavy atom. The van der Waals surface area contributed by atoms with E-state index in [1.807, 2.05) is 0 Å². The van der Waals surface area contributed by atoms with E-state index in [4.69, 9.17) is 30.0 Å². The monoisotopic (exact) mass is 678 g/mol. The zero-order chi connectivity index (χ0) is 32.3. The molecule has 0 bridgehead atoms. The SMILES string of the molecule is Nc1ncnc2c1ncn2[C@@H]1O[C@H](COP(=O)(O)OP(=O)(O)OC[C@H]2O[C@@H](N3C=NC(N)c4[nH]cnc43)[C@H](O)[C@@H]2O)[C@@H](O)[C@H]1O. The van der Waals surface area contributed by atoms with Gasteiger partial charge in [-0.2, -0.15) is 4.31 Å². The molecule has 11 atom stereocenters. The van der Waals surface area contributed by atoms with Crippen LogP contribution < -0.4 is 16.4 Å². The van der Waals surface area contributed by atoms with Crippen LogP contribution >= 0.6 is 15.6 Å². The predicted octanol–water partition coefficient (Wildman–Crippen LogP) is -3.05. The summed E-state index contributed by atoms with van der Waals surface area (Å²) in [5.41, 5.74) is 12.4. The van der Waals surface area contributed by atoms with Crippen LogP contribution in [0.3, 0.4) is 0 Å². The lowest BCUT2D eigenvalue weighted by Crippen LogP contribution is -2.45. The van der Waals surface area contributed by atoms with Crippen molar-refractivity contribution >= 4 is 44.8 Å². The fraction of sp³-hybridized carbons (Fsp3) is 0.550. The van der Waals surface area contributed by atoms with Crippen molar-refractivity contribution in [3.63, 3.8) is 0 Å². The second-order valence-electron chi connectivity index (χ2n) is 10.0. The van der Waals surface area contributed by atoms with Crippen molar-refractivity contribution in [2.75, 3.05) is 23.8 Å². The fourth-order valence-electron chi connectivity index (χ4n) is 4.94. The van der Waals surface area contributed by atoms with E-state index in [0.29, 0.717) is 5.69 Å². The van der Waals surface area contributed by atoms with E-state index in [9.17, 15) is 39.3 Å². The van der Waals surface area contributed by atoms with Crippen LogP contribution in [-0.4, -0.2) is 122 Å². The van der Waals surface area contributed by atoms with E-state index >= 15 is 0 Å². The Hall–Kier alpha value is -2.99. The van der Waals surface area contributed by atoms with E-state index in [2.05, 4.69) is 34.2 Å². The van der Waals surface area contributed by atoms with Gasteiger partial charge in [-0.05, 0) is 0 Å². The summed E-state index contributed by atoms with van der Waals surface area (Å²) >= 11 is 0. The Balaban J connectivity index is 1.03. The smallest absolute Gasteiger partial charge is 0.387 e. The number of fused-ring (bicyclic) bond motifs is 2. The number of hydrogen-bond acceptors (Lipinski definition) is 19. The highest BCUT2D eigenvalue weighted by molar-refractivity contribution is 7.61. The van der Waals surface area contributed by atoms with Crippen LogP contribution in [0.25, 0.3) is 11.2 Å². The van der Waals surface area contributed by atoms with Gasteiger partial charge in [0, 0.05) is 0 Å². The number of aliphatic hydroxyl groups excluding tert-OH is 4. The number of ether oxygens (including phenoxy) is 2. The third kappa shape index (κ3) is 6.12. The largest absolute Gasteiger partial charge is 0.481 e. The number of nitrogen functional groups attached to an aromatic ring is 1. The minimum Gasteiger partial charge on any atom is -0.387 e. The summed E-state index contributed by atoms with van der Waals surface area (Å²) in [5.74, 6) is 0.317. The Labute approximate surface area is 251 Å². The normalized spacial score (nSPS) is 34.2. The number of aliphatic imine (C=N–C) groups is 1. The van der Waals surface area contributed by atoms with E-state index in [1.54, 1.807) is 0 Å². The van der Waals surface area contributed by atoms with Crippen LogP contribution in [0.1, 0.15) is 18.1 Å². The van der Waals surface area contributed by atoms with E-state index < -0.39 is 84.1 Å². The number of H-pyrrole nitrogens is 1. The topological polar surface area (TPSA) is 342 Å². The zero-order valence-electron chi connectivity index (χ0n) is 22.6. The number of imidazole rings is 2. The minimum atomic E-state index is -5.37. The first kappa shape index (κ1) is 32.0. The van der Waals surface area contributed by atoms with Crippen LogP contribution in [0.2, 0.25) is 0 Å². The van der Waals surface area contributed by atoms with Gasteiger partial charge in [-0.1, -0.05) is 0 Å². The Kier molecular flexibility index (Phi) is 8.52. The van der Waals surface area contributed by atoms with E-state index in [1.165, 1.54) is 28.5 Å². The molecular weight excluding hydrogens is 650 g/mol. The van der Waals surface area contributed by atoms with E-state index in [0.717, 1.165) is 6.33 Å². The summed E-state index contributed by atoms with van der Waals surface area (Å²) in [6.45, 7) is -1.77. The number of aromatic amines is 1. The number of rotatable bonds is 10. The summed E-state index contributed by atoms with van der Waals surface area (Å²) < 4.78 is 51.2. The van der Waals surface area contributed by atoms with Gasteiger partial charge in [-0.3, -0.25) is 23.5 Å². The van der Waals surface area contributed by atoms with E-state index in [-0.39, 0.29) is 22.8 Å². The molecule has 23 nitrogen and oxygen atoms in total. The molecule has 246 valence electrons. The Bertz CT molecular complexity index is 1670. The van der Waals surface area contributed by atoms with Gasteiger partial charge in [-0.25, -0.2) is 29.1 Å². The number of anilines is 2. The summed E-state index contributed by atoms with van der Waals surface area (Å²) in [4.78, 5) is 44.2. The van der Waals surface area contributed by atoms with Crippen LogP contribution in [0, 0.1) is 0 Å². The van der Waals surface area contributed by atoms with Gasteiger partial charge in [0.2, 0.25) is 0 Å². The molecule has 45 heavy (non-hydrogen) atoms. The highest BCUT2D eigenvalue weighted by Gasteiger charge is 2.49. The third-order valence-electron chi connectivity index (χ3n) is 7.16. The highest BCUT2D eigenvalue weighted by Crippen LogP contribution is 2.60. The number of aromatic nitrogens is 6. The van der Waals surface area contributed by atoms with Crippen molar-refractivity contribution in [3.05, 3.63) is 24.7 Å². The molecule has 25 heteroatoms. The van der Waals surface area contributed by atoms with Crippen LogP contribution in [-0.2, 0) is 32.0 Å². The van der Waals surface area contributed by atoms with Gasteiger partial charge in [0.05, 0.1) is 37.9 Å². The van der Waals surface area contributed by atoms with Crippen molar-refractivity contribution in [2.24, 2.45) is 10.7 Å². The minimum absolute atomic E-state index is 0.0555. The number of nitrogens with one attached hydrogen (secondary N) is 1. The zero-order valence-corrected chi connectivity index (χ0v) is 24.4. The molecule has 6 rings (SSSR count). The number of nitrogens with two attached hydrogens (primary N) is 2. The van der Waals surface area contributed by atoms with Gasteiger partial charge in [0.15, 0.2) is 29.7 Å². The fourth-order valence-corrected chi connectivity index (χ4v) is 7.03. The van der Waals surface area contributed by atoms with Crippen molar-refractivity contribution in [3.8, 4) is 0 Å². The molecule has 0 spiro atoms. The average Bonchev–Trinajstić information content (AvgIpc) is 3.75. The quantitative estimate of drug-likeness (QED) is 0.0962. The Morgan fingerprint density at radius 2 is 1.53 bits per heavy atom. The second-order valence-corrected chi connectivity index (χ2v) is 13.1. The van der Waals surface area contributed by atoms with Crippen molar-refractivity contribution in [2.45, 2.75) is 55.2 Å². The van der Waals surface area contributed by atoms with Crippen molar-refractivity contribution in [1.82, 2.24) is 29.5 Å². The third-order valence-corrected chi connectivity index (χ3v) is 9.76. The number of aliphatic hydroxyl groups is 4. The first-order valence-corrected chi connectivity index (χ1v) is 16.0. The molecule has 6 heterocycles. The van der Waals surface area contributed by atoms with Crippen LogP contribution in [0.15, 0.2) is 24.0 Å². The molecule has 2 fully saturated rings. The van der Waals surface area contributed by atoms with Gasteiger partial charge >= 0.3 is 15.6 Å². The lowest BCUT2D eigenvalue weighted by molar-refractivity contribution is -0.0507. The summed E-state index contributed by atoms with van der Waals surface area (Å²) in [5, 5.41) is 42.0. The van der Waals surface area contributed by atoms with Gasteiger partial charge in [-0.15, -0.1) is 0 Å². The van der Waals surface area contributed by atoms with Gasteiger partial charge in [0.1, 0.15) is 54.6 Å². The summed E-state index contributed by atoms with van der Waals surface area (Å²) in [7, 11) is -10.7. The molecule has 0 aromatic carbocycles. The van der Waals surface area contributed by atoms with Gasteiger partial charge in [0.25, 0.3) is 0 Å². The highest BCUT2D eigenvalue weighted by atomic mass is 31.3. The molecule has 3 aliphatic rings. The molecule has 3 aromatic heterocycles. The molecule has 2 saturated heterocycles. The molecule has 0 radical (unpaired) electrons. The maximum atomic E-state index is 12.5. The van der Waals surface area contributed by atoms with Crippen LogP contribution in [0.4, 0.5) is 11.6 Å². The molecular formula is C20H28N10O13P2. The van der Waals surface area contributed by atoms with Crippen molar-refractivity contribution < 1.29 is 62.2 Å². The molecule has 3 aliphatic heterocycles. The first-order chi connectivity index (χ1) is 21.3. The summed E-state index contributed by atoms with van der Waals surface area (Å²) in [6.07, 6.45) is -7.61. The molecule has 0 amide bonds. The predicted molar refractivity (Wildman–Crippen MR) is 145 cm³/mol. The average molecular weight is 678 g/mol. The summed E-state index contributed by atoms with van der Waals surface area (Å²) in [6, 6.07) is 0. The van der Waals surface area contributed by atoms with Crippen LogP contribution in [0.5, 0.6) is 0 Å². The lowest BCUT2D eigenvalue weighted by Gasteiger charge is -2.30. The molecule has 0 aliphatic carbocycles. The van der Waals surface area contributed by atoms with Gasteiger partial charge < -0.3 is 56.1 Å². The standard InChI is InChI=1S/C20H28N10O13P2/c21-15-10-18(26-4-24-15)29(5-27-10)19-13(33)11(31)7(41-19)1-39-44(35,36)43-45(37,38)40-2-8-12(32)14(34)20(42-8)30-6-28-16(22)9-17(30)25-3-23-9/h3-8,11-14,16,19-20,31-34H,1-2,22H2,(H,23,25)(H,35,36)(H,37,38)(H2,21,24,26)/t7-,8-,11-,12-,13-,14-,16?,19-,20-/m1/s1. The lowest BCUT2D eigenvalue weighted by atomic mass is 10.1. The maximum absolute atomic E-state index is 12.5. The maximum Gasteiger partial charge on any atom is 0.481 e. The number of nitrogens with zero attached hydrogens (tertiary/aromatic N) is 7. The molecule has 3 unspecified atom stereocenters. The number of phosphoric ester groups is 2. The van der Waals surface area contributed by atoms with Crippen molar-refractivity contribution in [1.29, 1.82) is 0 Å².